The fraction of sp³-hybridized carbons (Fsp3) is 0.280. The third-order valence-electron chi connectivity index (χ3n) is 6.15. The van der Waals surface area contributed by atoms with E-state index in [0.29, 0.717) is 12.2 Å². The Morgan fingerprint density at radius 3 is 2.76 bits per heavy atom. The molecule has 2 aromatic heterocycles. The number of piperidine rings is 1. The smallest absolute Gasteiger partial charge is 0.225 e. The lowest BCUT2D eigenvalue weighted by molar-refractivity contribution is -0.125. The molecule has 1 saturated heterocycles. The van der Waals surface area contributed by atoms with Crippen molar-refractivity contribution >= 4 is 22.8 Å². The summed E-state index contributed by atoms with van der Waals surface area (Å²) in [7, 11) is 0. The first-order valence-electron chi connectivity index (χ1n) is 11.2. The van der Waals surface area contributed by atoms with Gasteiger partial charge >= 0.3 is 0 Å². The zero-order chi connectivity index (χ0) is 23.7. The number of rotatable bonds is 5. The molecule has 0 spiro atoms. The van der Waals surface area contributed by atoms with Crippen LogP contribution in [0.3, 0.4) is 0 Å². The van der Waals surface area contributed by atoms with Gasteiger partial charge in [0.05, 0.1) is 17.0 Å². The molecule has 7 nitrogen and oxygen atoms in total. The highest BCUT2D eigenvalue weighted by Gasteiger charge is 2.28. The summed E-state index contributed by atoms with van der Waals surface area (Å²) in [5, 5.41) is 8.21. The summed E-state index contributed by atoms with van der Waals surface area (Å²) in [6, 6.07) is 11.4. The Hall–Kier alpha value is -3.88. The molecule has 0 unspecified atom stereocenters. The number of hydrogen-bond donors (Lipinski definition) is 1. The van der Waals surface area contributed by atoms with E-state index >= 15 is 0 Å². The lowest BCUT2D eigenvalue weighted by Crippen LogP contribution is -2.43. The van der Waals surface area contributed by atoms with Crippen LogP contribution < -0.4 is 10.2 Å². The molecule has 1 aliphatic heterocycles. The average molecular weight is 463 g/mol. The molecule has 0 aliphatic carbocycles. The normalized spacial score (nSPS) is 16.1. The predicted octanol–water partition coefficient (Wildman–Crippen LogP) is 3.93. The Morgan fingerprint density at radius 1 is 1.15 bits per heavy atom. The van der Waals surface area contributed by atoms with Gasteiger partial charge in [-0.05, 0) is 38.0 Å². The van der Waals surface area contributed by atoms with Crippen molar-refractivity contribution in [3.05, 3.63) is 77.8 Å². The minimum Gasteiger partial charge on any atom is -0.355 e. The van der Waals surface area contributed by atoms with Gasteiger partial charge in [0, 0.05) is 37.5 Å². The first-order chi connectivity index (χ1) is 16.5. The van der Waals surface area contributed by atoms with Crippen LogP contribution in [-0.2, 0) is 11.3 Å². The van der Waals surface area contributed by atoms with E-state index in [2.05, 4.69) is 25.3 Å². The largest absolute Gasteiger partial charge is 0.355 e. The maximum Gasteiger partial charge on any atom is 0.225 e. The lowest BCUT2D eigenvalue weighted by atomic mass is 9.97. The number of amides is 1. The number of carbonyl (C=O) groups is 1. The molecule has 0 bridgehead atoms. The van der Waals surface area contributed by atoms with Crippen molar-refractivity contribution in [1.29, 1.82) is 0 Å². The lowest BCUT2D eigenvalue weighted by Gasteiger charge is -2.33. The van der Waals surface area contributed by atoms with Gasteiger partial charge in [-0.3, -0.25) is 4.79 Å². The number of anilines is 1. The minimum absolute atomic E-state index is 0.0164. The topological polar surface area (TPSA) is 75.9 Å². The minimum atomic E-state index is -0.667. The molecule has 0 radical (unpaired) electrons. The van der Waals surface area contributed by atoms with Crippen LogP contribution in [0.25, 0.3) is 16.7 Å². The van der Waals surface area contributed by atoms with E-state index in [1.54, 1.807) is 4.68 Å². The second kappa shape index (κ2) is 9.17. The molecule has 2 aromatic carbocycles. The maximum absolute atomic E-state index is 13.9. The van der Waals surface area contributed by atoms with Gasteiger partial charge in [0.1, 0.15) is 23.8 Å². The van der Waals surface area contributed by atoms with Crippen LogP contribution in [-0.4, -0.2) is 38.7 Å². The van der Waals surface area contributed by atoms with E-state index in [1.165, 1.54) is 24.0 Å². The van der Waals surface area contributed by atoms with Gasteiger partial charge < -0.3 is 10.2 Å². The Bertz CT molecular complexity index is 1340. The van der Waals surface area contributed by atoms with E-state index in [-0.39, 0.29) is 23.9 Å². The number of carbonyl (C=O) groups excluding carboxylic acids is 1. The molecule has 3 heterocycles. The molecule has 1 atom stereocenters. The summed E-state index contributed by atoms with van der Waals surface area (Å²) < 4.78 is 28.8. The van der Waals surface area contributed by atoms with Crippen LogP contribution in [0.15, 0.2) is 55.0 Å². The van der Waals surface area contributed by atoms with E-state index in [4.69, 9.17) is 0 Å². The van der Waals surface area contributed by atoms with E-state index in [1.807, 2.05) is 37.4 Å². The quantitative estimate of drug-likeness (QED) is 0.486. The number of fused-ring (bicyclic) bond motifs is 1. The number of benzene rings is 2. The first kappa shape index (κ1) is 21.9. The molecule has 1 amide bonds. The van der Waals surface area contributed by atoms with Crippen molar-refractivity contribution in [2.75, 3.05) is 18.0 Å². The van der Waals surface area contributed by atoms with Crippen molar-refractivity contribution in [3.8, 4) is 5.69 Å². The summed E-state index contributed by atoms with van der Waals surface area (Å²) in [5.74, 6) is -0.995. The number of nitrogens with one attached hydrogen (secondary N) is 1. The van der Waals surface area contributed by atoms with Crippen molar-refractivity contribution in [2.45, 2.75) is 26.3 Å². The van der Waals surface area contributed by atoms with Crippen LogP contribution in [0.1, 0.15) is 24.0 Å². The molecule has 1 N–H and O–H groups in total. The summed E-state index contributed by atoms with van der Waals surface area (Å²) in [4.78, 5) is 23.7. The van der Waals surface area contributed by atoms with Gasteiger partial charge in [-0.2, -0.15) is 0 Å². The second-order valence-electron chi connectivity index (χ2n) is 8.58. The fourth-order valence-electron chi connectivity index (χ4n) is 4.28. The van der Waals surface area contributed by atoms with Crippen molar-refractivity contribution in [3.63, 3.8) is 0 Å². The number of halogens is 2. The van der Waals surface area contributed by atoms with Gasteiger partial charge in [-0.1, -0.05) is 23.8 Å². The zero-order valence-corrected chi connectivity index (χ0v) is 18.7. The number of nitrogens with zero attached hydrogens (tertiary/aromatic N) is 5. The van der Waals surface area contributed by atoms with Crippen molar-refractivity contribution in [2.24, 2.45) is 5.92 Å². The summed E-state index contributed by atoms with van der Waals surface area (Å²) in [6.07, 6.45) is 4.95. The maximum atomic E-state index is 13.9. The van der Waals surface area contributed by atoms with Gasteiger partial charge in [-0.25, -0.2) is 23.4 Å². The molecule has 0 saturated carbocycles. The van der Waals surface area contributed by atoms with Gasteiger partial charge in [0.2, 0.25) is 5.91 Å². The highest BCUT2D eigenvalue weighted by atomic mass is 19.1. The van der Waals surface area contributed by atoms with Crippen LogP contribution in [0, 0.1) is 24.5 Å². The highest BCUT2D eigenvalue weighted by molar-refractivity contribution is 5.87. The van der Waals surface area contributed by atoms with Gasteiger partial charge in [-0.15, -0.1) is 5.10 Å². The SMILES string of the molecule is Cc1ccc(-n2cc3c(N4CCC[C@H](C(=O)NCc5ccc(F)cc5F)C4)ncnc3n2)cc1. The van der Waals surface area contributed by atoms with E-state index in [0.717, 1.165) is 42.3 Å². The van der Waals surface area contributed by atoms with Crippen LogP contribution in [0.4, 0.5) is 14.6 Å². The standard InChI is InChI=1S/C25H24F2N6O/c1-16-4-8-20(9-5-16)33-14-21-23(31-33)29-15-30-24(21)32-10-2-3-18(13-32)25(34)28-12-17-6-7-19(26)11-22(17)27/h4-9,11,14-15,18H,2-3,10,12-13H2,1H3,(H,28,34)/t18-/m0/s1. The first-order valence-corrected chi connectivity index (χ1v) is 11.2. The molecular formula is C25H24F2N6O. The molecule has 5 rings (SSSR count). The van der Waals surface area contributed by atoms with Gasteiger partial charge in [0.15, 0.2) is 5.65 Å². The Balaban J connectivity index is 1.32. The van der Waals surface area contributed by atoms with E-state index in [9.17, 15) is 13.6 Å². The molecule has 4 aromatic rings. The third kappa shape index (κ3) is 4.46. The molecule has 1 fully saturated rings. The number of aryl methyl sites for hydroxylation is 1. The summed E-state index contributed by atoms with van der Waals surface area (Å²) >= 11 is 0. The van der Waals surface area contributed by atoms with Crippen molar-refractivity contribution in [1.82, 2.24) is 25.1 Å². The average Bonchev–Trinajstić information content (AvgIpc) is 3.28. The highest BCUT2D eigenvalue weighted by Crippen LogP contribution is 2.28. The van der Waals surface area contributed by atoms with Crippen molar-refractivity contribution < 1.29 is 13.6 Å². The molecular weight excluding hydrogens is 438 g/mol. The monoisotopic (exact) mass is 462 g/mol. The van der Waals surface area contributed by atoms with Crippen LogP contribution >= 0.6 is 0 Å². The Kier molecular flexibility index (Phi) is 5.91. The zero-order valence-electron chi connectivity index (χ0n) is 18.7. The Morgan fingerprint density at radius 2 is 1.97 bits per heavy atom. The van der Waals surface area contributed by atoms with Gasteiger partial charge in [0.25, 0.3) is 0 Å². The predicted molar refractivity (Wildman–Crippen MR) is 125 cm³/mol. The van der Waals surface area contributed by atoms with E-state index < -0.39 is 11.6 Å². The molecule has 9 heteroatoms. The molecule has 34 heavy (non-hydrogen) atoms. The molecule has 1 aliphatic rings. The fourth-order valence-corrected chi connectivity index (χ4v) is 4.28. The number of aromatic nitrogens is 4. The molecule has 174 valence electrons. The van der Waals surface area contributed by atoms with Crippen LogP contribution in [0.2, 0.25) is 0 Å². The van der Waals surface area contributed by atoms with Crippen LogP contribution in [0.5, 0.6) is 0 Å². The number of hydrogen-bond acceptors (Lipinski definition) is 5. The second-order valence-corrected chi connectivity index (χ2v) is 8.58. The summed E-state index contributed by atoms with van der Waals surface area (Å²) in [6.45, 7) is 3.30. The Labute approximate surface area is 195 Å². The summed E-state index contributed by atoms with van der Waals surface area (Å²) in [5.41, 5.74) is 2.94. The third-order valence-corrected chi connectivity index (χ3v) is 6.15.